The van der Waals surface area contributed by atoms with E-state index in [4.69, 9.17) is 4.42 Å². The van der Waals surface area contributed by atoms with Crippen molar-refractivity contribution in [3.05, 3.63) is 69.0 Å². The highest BCUT2D eigenvalue weighted by Crippen LogP contribution is 2.29. The van der Waals surface area contributed by atoms with Crippen molar-refractivity contribution in [2.24, 2.45) is 0 Å². The van der Waals surface area contributed by atoms with Gasteiger partial charge in [0.1, 0.15) is 0 Å². The maximum Gasteiger partial charge on any atom is 0.293 e. The lowest BCUT2D eigenvalue weighted by Crippen LogP contribution is -2.29. The highest BCUT2D eigenvalue weighted by Gasteiger charge is 2.22. The van der Waals surface area contributed by atoms with Crippen molar-refractivity contribution in [1.82, 2.24) is 9.88 Å². The van der Waals surface area contributed by atoms with Crippen molar-refractivity contribution in [2.75, 3.05) is 11.9 Å². The van der Waals surface area contributed by atoms with Gasteiger partial charge in [0.15, 0.2) is 10.9 Å². The summed E-state index contributed by atoms with van der Waals surface area (Å²) in [4.78, 5) is 20.3. The van der Waals surface area contributed by atoms with Gasteiger partial charge >= 0.3 is 0 Å². The molecule has 0 saturated heterocycles. The number of hydrogen-bond acceptors (Lipinski definition) is 5. The minimum absolute atomic E-state index is 0.261. The number of hydrogen-bond donors (Lipinski definition) is 1. The van der Waals surface area contributed by atoms with Crippen LogP contribution in [-0.4, -0.2) is 22.3 Å². The maximum atomic E-state index is 12.1. The van der Waals surface area contributed by atoms with Crippen LogP contribution in [0.2, 0.25) is 0 Å². The van der Waals surface area contributed by atoms with E-state index in [-0.39, 0.29) is 5.91 Å². The first-order valence-electron chi connectivity index (χ1n) is 7.97. The molecule has 3 heterocycles. The van der Waals surface area contributed by atoms with Gasteiger partial charge in [0.05, 0.1) is 12.0 Å². The van der Waals surface area contributed by atoms with E-state index in [1.165, 1.54) is 16.7 Å². The molecule has 0 spiro atoms. The second kappa shape index (κ2) is 7.11. The molecule has 1 amide bonds. The SMILES string of the molecule is O=C(Nc1nc2c(s1)CN(Cc1ccc(Br)cc1)CC2)c1ccco1. The molecule has 0 saturated carbocycles. The average molecular weight is 418 g/mol. The van der Waals surface area contributed by atoms with Crippen LogP contribution in [0.4, 0.5) is 5.13 Å². The Morgan fingerprint density at radius 3 is 2.92 bits per heavy atom. The van der Waals surface area contributed by atoms with E-state index in [0.29, 0.717) is 10.9 Å². The summed E-state index contributed by atoms with van der Waals surface area (Å²) in [5.74, 6) is 0.0350. The Morgan fingerprint density at radius 1 is 1.32 bits per heavy atom. The van der Waals surface area contributed by atoms with Gasteiger partial charge in [0, 0.05) is 35.4 Å². The predicted molar refractivity (Wildman–Crippen MR) is 101 cm³/mol. The van der Waals surface area contributed by atoms with Crippen molar-refractivity contribution < 1.29 is 9.21 Å². The summed E-state index contributed by atoms with van der Waals surface area (Å²) < 4.78 is 6.21. The molecular formula is C18H16BrN3O2S. The van der Waals surface area contributed by atoms with Crippen LogP contribution < -0.4 is 5.32 Å². The van der Waals surface area contributed by atoms with Crippen LogP contribution in [-0.2, 0) is 19.5 Å². The number of nitrogens with one attached hydrogen (secondary N) is 1. The van der Waals surface area contributed by atoms with Gasteiger partial charge in [0.25, 0.3) is 5.91 Å². The average Bonchev–Trinajstić information content (AvgIpc) is 3.26. The predicted octanol–water partition coefficient (Wildman–Crippen LogP) is 4.31. The Morgan fingerprint density at radius 2 is 2.16 bits per heavy atom. The number of rotatable bonds is 4. The molecule has 3 aromatic rings. The van der Waals surface area contributed by atoms with Gasteiger partial charge in [0.2, 0.25) is 0 Å². The number of halogens is 1. The van der Waals surface area contributed by atoms with E-state index in [0.717, 1.165) is 36.2 Å². The fourth-order valence-corrected chi connectivity index (χ4v) is 4.16. The molecular weight excluding hydrogens is 402 g/mol. The number of carbonyl (C=O) groups excluding carboxylic acids is 1. The van der Waals surface area contributed by atoms with Crippen LogP contribution in [0, 0.1) is 0 Å². The first-order valence-corrected chi connectivity index (χ1v) is 9.58. The summed E-state index contributed by atoms with van der Waals surface area (Å²) in [6.07, 6.45) is 2.39. The lowest BCUT2D eigenvalue weighted by atomic mass is 10.1. The fourth-order valence-electron chi connectivity index (χ4n) is 2.85. The normalized spacial score (nSPS) is 14.3. The van der Waals surface area contributed by atoms with Crippen LogP contribution in [0.15, 0.2) is 51.6 Å². The van der Waals surface area contributed by atoms with Gasteiger partial charge in [-0.15, -0.1) is 11.3 Å². The second-order valence-electron chi connectivity index (χ2n) is 5.91. The summed E-state index contributed by atoms with van der Waals surface area (Å²) in [5, 5.41) is 3.46. The molecule has 128 valence electrons. The topological polar surface area (TPSA) is 58.4 Å². The summed E-state index contributed by atoms with van der Waals surface area (Å²) >= 11 is 5.01. The third-order valence-electron chi connectivity index (χ3n) is 4.10. The molecule has 2 aromatic heterocycles. The maximum absolute atomic E-state index is 12.1. The lowest BCUT2D eigenvalue weighted by Gasteiger charge is -2.25. The Hall–Kier alpha value is -1.96. The third-order valence-corrected chi connectivity index (χ3v) is 5.62. The molecule has 0 radical (unpaired) electrons. The van der Waals surface area contributed by atoms with E-state index in [1.54, 1.807) is 23.5 Å². The molecule has 4 rings (SSSR count). The number of aromatic nitrogens is 1. The molecule has 5 nitrogen and oxygen atoms in total. The van der Waals surface area contributed by atoms with Crippen molar-refractivity contribution in [3.8, 4) is 0 Å². The van der Waals surface area contributed by atoms with Gasteiger partial charge < -0.3 is 4.42 Å². The third kappa shape index (κ3) is 3.84. The molecule has 7 heteroatoms. The van der Waals surface area contributed by atoms with Crippen LogP contribution in [0.5, 0.6) is 0 Å². The molecule has 0 aliphatic carbocycles. The number of fused-ring (bicyclic) bond motifs is 1. The summed E-state index contributed by atoms with van der Waals surface area (Å²) in [5.41, 5.74) is 2.38. The molecule has 1 aromatic carbocycles. The highest BCUT2D eigenvalue weighted by atomic mass is 79.9. The number of anilines is 1. The van der Waals surface area contributed by atoms with Crippen LogP contribution in [0.1, 0.15) is 26.7 Å². The summed E-state index contributed by atoms with van der Waals surface area (Å²) in [6.45, 7) is 2.75. The highest BCUT2D eigenvalue weighted by molar-refractivity contribution is 9.10. The quantitative estimate of drug-likeness (QED) is 0.686. The zero-order valence-corrected chi connectivity index (χ0v) is 15.8. The number of benzene rings is 1. The van der Waals surface area contributed by atoms with Gasteiger partial charge in [-0.05, 0) is 29.8 Å². The molecule has 1 aliphatic rings. The van der Waals surface area contributed by atoms with Gasteiger partial charge in [-0.25, -0.2) is 4.98 Å². The number of thiazole rings is 1. The molecule has 1 N–H and O–H groups in total. The number of amides is 1. The fraction of sp³-hybridized carbons (Fsp3) is 0.222. The molecule has 1 aliphatic heterocycles. The Bertz CT molecular complexity index is 874. The van der Waals surface area contributed by atoms with Gasteiger partial charge in [-0.1, -0.05) is 28.1 Å². The van der Waals surface area contributed by atoms with E-state index >= 15 is 0 Å². The Labute approximate surface area is 157 Å². The minimum Gasteiger partial charge on any atom is -0.459 e. The van der Waals surface area contributed by atoms with Crippen molar-refractivity contribution in [2.45, 2.75) is 19.5 Å². The first kappa shape index (κ1) is 16.5. The van der Waals surface area contributed by atoms with Crippen molar-refractivity contribution in [1.29, 1.82) is 0 Å². The van der Waals surface area contributed by atoms with Crippen molar-refractivity contribution in [3.63, 3.8) is 0 Å². The summed E-state index contributed by atoms with van der Waals surface area (Å²) in [6, 6.07) is 11.8. The zero-order valence-electron chi connectivity index (χ0n) is 13.4. The zero-order chi connectivity index (χ0) is 17.2. The van der Waals surface area contributed by atoms with Crippen LogP contribution >= 0.6 is 27.3 Å². The summed E-state index contributed by atoms with van der Waals surface area (Å²) in [7, 11) is 0. The minimum atomic E-state index is -0.261. The molecule has 0 atom stereocenters. The van der Waals surface area contributed by atoms with Gasteiger partial charge in [-0.3, -0.25) is 15.0 Å². The molecule has 0 fully saturated rings. The molecule has 25 heavy (non-hydrogen) atoms. The van der Waals surface area contributed by atoms with E-state index in [1.807, 2.05) is 0 Å². The van der Waals surface area contributed by atoms with Crippen LogP contribution in [0.25, 0.3) is 0 Å². The number of nitrogens with zero attached hydrogens (tertiary/aromatic N) is 2. The standard InChI is InChI=1S/C18H16BrN3O2S/c19-13-5-3-12(4-6-13)10-22-8-7-14-16(11-22)25-18(20-14)21-17(23)15-2-1-9-24-15/h1-6,9H,7-8,10-11H2,(H,20,21,23). The van der Waals surface area contributed by atoms with E-state index in [9.17, 15) is 4.79 Å². The first-order chi connectivity index (χ1) is 12.2. The van der Waals surface area contributed by atoms with Gasteiger partial charge in [-0.2, -0.15) is 0 Å². The Balaban J connectivity index is 1.42. The van der Waals surface area contributed by atoms with Crippen LogP contribution in [0.3, 0.4) is 0 Å². The van der Waals surface area contributed by atoms with E-state index in [2.05, 4.69) is 55.4 Å². The largest absolute Gasteiger partial charge is 0.459 e. The van der Waals surface area contributed by atoms with Crippen molar-refractivity contribution >= 4 is 38.3 Å². The Kier molecular flexibility index (Phi) is 4.70. The molecule has 0 bridgehead atoms. The molecule has 0 unspecified atom stereocenters. The monoisotopic (exact) mass is 417 g/mol. The van der Waals surface area contributed by atoms with E-state index < -0.39 is 0 Å². The smallest absolute Gasteiger partial charge is 0.293 e. The second-order valence-corrected chi connectivity index (χ2v) is 7.91. The number of carbonyl (C=O) groups is 1. The lowest BCUT2D eigenvalue weighted by molar-refractivity contribution is 0.0996. The number of furan rings is 1.